The minimum absolute atomic E-state index is 0.126. The third-order valence-corrected chi connectivity index (χ3v) is 4.12. The van der Waals surface area contributed by atoms with Crippen LogP contribution in [-0.4, -0.2) is 30.2 Å². The Balaban J connectivity index is 2.08. The summed E-state index contributed by atoms with van der Waals surface area (Å²) >= 11 is 5.84. The number of hydrogen-bond donors (Lipinski definition) is 2. The van der Waals surface area contributed by atoms with Crippen molar-refractivity contribution < 1.29 is 19.4 Å². The Hall–Kier alpha value is -1.59. The lowest BCUT2D eigenvalue weighted by Crippen LogP contribution is -2.52. The Bertz CT molecular complexity index is 542. The molecule has 6 heteroatoms. The molecule has 1 aromatic carbocycles. The van der Waals surface area contributed by atoms with E-state index in [9.17, 15) is 14.7 Å². The van der Waals surface area contributed by atoms with E-state index in [1.54, 1.807) is 31.2 Å². The first-order valence-electron chi connectivity index (χ1n) is 7.36. The highest BCUT2D eigenvalue weighted by Gasteiger charge is 2.40. The van der Waals surface area contributed by atoms with Gasteiger partial charge in [0.15, 0.2) is 5.54 Å². The zero-order valence-corrected chi connectivity index (χ0v) is 13.2. The second-order valence-electron chi connectivity index (χ2n) is 5.58. The number of ether oxygens (including phenoxy) is 1. The van der Waals surface area contributed by atoms with Crippen LogP contribution in [-0.2, 0) is 19.9 Å². The van der Waals surface area contributed by atoms with E-state index in [-0.39, 0.29) is 13.0 Å². The average Bonchev–Trinajstić information content (AvgIpc) is 3.29. The van der Waals surface area contributed by atoms with E-state index in [0.29, 0.717) is 23.1 Å². The number of rotatable bonds is 8. The van der Waals surface area contributed by atoms with Crippen molar-refractivity contribution in [3.8, 4) is 0 Å². The molecule has 1 aromatic rings. The third-order valence-electron chi connectivity index (χ3n) is 3.87. The van der Waals surface area contributed by atoms with Crippen LogP contribution in [0.1, 0.15) is 31.7 Å². The molecule has 5 nitrogen and oxygen atoms in total. The van der Waals surface area contributed by atoms with Crippen LogP contribution in [0.2, 0.25) is 5.02 Å². The van der Waals surface area contributed by atoms with Gasteiger partial charge in [0.1, 0.15) is 6.61 Å². The Morgan fingerprint density at radius 1 is 1.36 bits per heavy atom. The zero-order valence-electron chi connectivity index (χ0n) is 12.5. The number of benzene rings is 1. The van der Waals surface area contributed by atoms with Crippen molar-refractivity contribution in [1.82, 2.24) is 5.32 Å². The summed E-state index contributed by atoms with van der Waals surface area (Å²) in [6, 6.07) is 6.45. The molecule has 2 rings (SSSR count). The van der Waals surface area contributed by atoms with Gasteiger partial charge in [-0.25, -0.2) is 4.79 Å². The molecule has 1 fully saturated rings. The summed E-state index contributed by atoms with van der Waals surface area (Å²) in [6.07, 6.45) is 2.50. The smallest absolute Gasteiger partial charge is 0.334 e. The molecule has 2 N–H and O–H groups in total. The zero-order chi connectivity index (χ0) is 16.2. The third kappa shape index (κ3) is 3.99. The van der Waals surface area contributed by atoms with E-state index < -0.39 is 17.4 Å². The maximum absolute atomic E-state index is 12.0. The lowest BCUT2D eigenvalue weighted by atomic mass is 9.87. The van der Waals surface area contributed by atoms with E-state index in [0.717, 1.165) is 12.8 Å². The molecule has 0 saturated heterocycles. The molecule has 0 heterocycles. The molecule has 0 aliphatic heterocycles. The number of hydrogen-bond acceptors (Lipinski definition) is 3. The predicted molar refractivity (Wildman–Crippen MR) is 82.7 cm³/mol. The molecule has 1 saturated carbocycles. The van der Waals surface area contributed by atoms with Crippen molar-refractivity contribution in [2.75, 3.05) is 13.2 Å². The molecule has 1 unspecified atom stereocenters. The van der Waals surface area contributed by atoms with Gasteiger partial charge < -0.3 is 15.2 Å². The summed E-state index contributed by atoms with van der Waals surface area (Å²) < 4.78 is 5.32. The van der Waals surface area contributed by atoms with E-state index in [4.69, 9.17) is 16.3 Å². The molecule has 22 heavy (non-hydrogen) atoms. The van der Waals surface area contributed by atoms with Gasteiger partial charge in [-0.15, -0.1) is 0 Å². The SMILES string of the molecule is CCC(NC(=O)COCC1CC1)(C(=O)O)c1ccc(Cl)cc1. The summed E-state index contributed by atoms with van der Waals surface area (Å²) in [6.45, 7) is 2.15. The van der Waals surface area contributed by atoms with Crippen LogP contribution >= 0.6 is 11.6 Å². The number of carbonyl (C=O) groups excluding carboxylic acids is 1. The molecular formula is C16H20ClNO4. The lowest BCUT2D eigenvalue weighted by molar-refractivity contribution is -0.149. The fourth-order valence-corrected chi connectivity index (χ4v) is 2.43. The highest BCUT2D eigenvalue weighted by atomic mass is 35.5. The summed E-state index contributed by atoms with van der Waals surface area (Å²) in [7, 11) is 0. The Morgan fingerprint density at radius 2 is 2.00 bits per heavy atom. The molecule has 1 atom stereocenters. The molecule has 0 radical (unpaired) electrons. The average molecular weight is 326 g/mol. The number of halogens is 1. The largest absolute Gasteiger partial charge is 0.479 e. The van der Waals surface area contributed by atoms with Crippen molar-refractivity contribution in [2.45, 2.75) is 31.7 Å². The number of nitrogens with one attached hydrogen (secondary N) is 1. The molecule has 1 amide bonds. The van der Waals surface area contributed by atoms with Crippen LogP contribution in [0.5, 0.6) is 0 Å². The van der Waals surface area contributed by atoms with Gasteiger partial charge in [-0.1, -0.05) is 30.7 Å². The van der Waals surface area contributed by atoms with Gasteiger partial charge >= 0.3 is 5.97 Å². The molecular weight excluding hydrogens is 306 g/mol. The highest BCUT2D eigenvalue weighted by molar-refractivity contribution is 6.30. The Labute approximate surface area is 134 Å². The first kappa shape index (κ1) is 16.8. The molecule has 0 aromatic heterocycles. The summed E-state index contributed by atoms with van der Waals surface area (Å²) in [4.78, 5) is 23.8. The Morgan fingerprint density at radius 3 is 2.50 bits per heavy atom. The van der Waals surface area contributed by atoms with Gasteiger partial charge in [0.05, 0.1) is 6.61 Å². The topological polar surface area (TPSA) is 75.6 Å². The summed E-state index contributed by atoms with van der Waals surface area (Å²) in [5.74, 6) is -0.979. The van der Waals surface area contributed by atoms with E-state index in [1.165, 1.54) is 0 Å². The number of aliphatic carboxylic acids is 1. The van der Waals surface area contributed by atoms with Crippen LogP contribution < -0.4 is 5.32 Å². The second kappa shape index (κ2) is 7.11. The van der Waals surface area contributed by atoms with Crippen LogP contribution in [0.4, 0.5) is 0 Å². The minimum Gasteiger partial charge on any atom is -0.479 e. The monoisotopic (exact) mass is 325 g/mol. The minimum atomic E-state index is -1.47. The van der Waals surface area contributed by atoms with E-state index in [1.807, 2.05) is 0 Å². The molecule has 0 bridgehead atoms. The quantitative estimate of drug-likeness (QED) is 0.770. The van der Waals surface area contributed by atoms with Gasteiger partial charge in [0, 0.05) is 5.02 Å². The standard InChI is InChI=1S/C16H20ClNO4/c1-2-16(15(20)21,12-5-7-13(17)8-6-12)18-14(19)10-22-9-11-3-4-11/h5-8,11H,2-4,9-10H2,1H3,(H,18,19)(H,20,21). The maximum atomic E-state index is 12.0. The van der Waals surface area contributed by atoms with Gasteiger partial charge in [0.25, 0.3) is 0 Å². The predicted octanol–water partition coefficient (Wildman–Crippen LogP) is 2.57. The molecule has 0 spiro atoms. The van der Waals surface area contributed by atoms with Crippen molar-refractivity contribution >= 4 is 23.5 Å². The second-order valence-corrected chi connectivity index (χ2v) is 6.01. The van der Waals surface area contributed by atoms with Gasteiger partial charge in [0.2, 0.25) is 5.91 Å². The fraction of sp³-hybridized carbons (Fsp3) is 0.500. The van der Waals surface area contributed by atoms with Crippen molar-refractivity contribution in [3.63, 3.8) is 0 Å². The number of amides is 1. The number of carboxylic acids is 1. The van der Waals surface area contributed by atoms with Gasteiger partial charge in [-0.05, 0) is 42.9 Å². The summed E-state index contributed by atoms with van der Waals surface area (Å²) in [5, 5.41) is 12.7. The Kier molecular flexibility index (Phi) is 5.42. The van der Waals surface area contributed by atoms with Crippen LogP contribution in [0, 0.1) is 5.92 Å². The van der Waals surface area contributed by atoms with Crippen LogP contribution in [0.15, 0.2) is 24.3 Å². The fourth-order valence-electron chi connectivity index (χ4n) is 2.30. The summed E-state index contributed by atoms with van der Waals surface area (Å²) in [5.41, 5.74) is -0.979. The maximum Gasteiger partial charge on any atom is 0.334 e. The van der Waals surface area contributed by atoms with Gasteiger partial charge in [-0.2, -0.15) is 0 Å². The van der Waals surface area contributed by atoms with Crippen LogP contribution in [0.25, 0.3) is 0 Å². The van der Waals surface area contributed by atoms with Gasteiger partial charge in [-0.3, -0.25) is 4.79 Å². The van der Waals surface area contributed by atoms with E-state index in [2.05, 4.69) is 5.32 Å². The van der Waals surface area contributed by atoms with Crippen molar-refractivity contribution in [2.24, 2.45) is 5.92 Å². The molecule has 1 aliphatic rings. The molecule has 120 valence electrons. The first-order valence-corrected chi connectivity index (χ1v) is 7.74. The van der Waals surface area contributed by atoms with E-state index >= 15 is 0 Å². The first-order chi connectivity index (χ1) is 10.5. The van der Waals surface area contributed by atoms with Crippen molar-refractivity contribution in [3.05, 3.63) is 34.9 Å². The normalized spacial score (nSPS) is 16.8. The molecule has 1 aliphatic carbocycles. The van der Waals surface area contributed by atoms with Crippen molar-refractivity contribution in [1.29, 1.82) is 0 Å². The number of carbonyl (C=O) groups is 2. The van der Waals surface area contributed by atoms with Crippen LogP contribution in [0.3, 0.4) is 0 Å². The highest BCUT2D eigenvalue weighted by Crippen LogP contribution is 2.29. The number of carboxylic acid groups (broad SMARTS) is 1. The lowest BCUT2D eigenvalue weighted by Gasteiger charge is -2.30.